The monoisotopic (exact) mass is 323 g/mol. The number of nitrogens with zero attached hydrogens (tertiary/aromatic N) is 3. The van der Waals surface area contributed by atoms with Gasteiger partial charge in [-0.3, -0.25) is 9.80 Å². The molecule has 1 saturated heterocycles. The minimum atomic E-state index is 0.260. The molecule has 114 valence electrons. The fourth-order valence-electron chi connectivity index (χ4n) is 2.67. The molecule has 2 aromatic rings. The number of β-amino-alcohol motifs (C(OH)–C–C–N with tert-alkyl or cyclic N) is 1. The number of aliphatic hydroxyl groups is 1. The summed E-state index contributed by atoms with van der Waals surface area (Å²) >= 11 is 3.45. The Balaban J connectivity index is 1.57. The van der Waals surface area contributed by atoms with Crippen molar-refractivity contribution in [3.63, 3.8) is 0 Å². The highest BCUT2D eigenvalue weighted by Crippen LogP contribution is 2.26. The van der Waals surface area contributed by atoms with E-state index in [1.807, 2.05) is 0 Å². The van der Waals surface area contributed by atoms with Gasteiger partial charge in [0, 0.05) is 42.5 Å². The van der Waals surface area contributed by atoms with Crippen molar-refractivity contribution in [1.29, 1.82) is 0 Å². The van der Waals surface area contributed by atoms with Crippen molar-refractivity contribution in [2.45, 2.75) is 13.0 Å². The van der Waals surface area contributed by atoms with Gasteiger partial charge in [0.2, 0.25) is 0 Å². The molecule has 0 radical (unpaired) electrons. The maximum Gasteiger partial charge on any atom is 0.124 e. The summed E-state index contributed by atoms with van der Waals surface area (Å²) in [6.07, 6.45) is 1.17. The molecule has 0 amide bonds. The summed E-state index contributed by atoms with van der Waals surface area (Å²) in [7, 11) is 0. The fraction of sp³-hybridized carbons (Fsp3) is 0.533. The normalized spacial score (nSPS) is 18.0. The molecule has 1 fully saturated rings. The predicted octanol–water partition coefficient (Wildman–Crippen LogP) is 2.37. The predicted molar refractivity (Wildman–Crippen MR) is 88.8 cm³/mol. The van der Waals surface area contributed by atoms with Gasteiger partial charge in [-0.2, -0.15) is 11.3 Å². The number of thiazole rings is 1. The number of rotatable bonds is 5. The van der Waals surface area contributed by atoms with Gasteiger partial charge in [0.25, 0.3) is 0 Å². The van der Waals surface area contributed by atoms with Gasteiger partial charge in [0.15, 0.2) is 0 Å². The zero-order valence-electron chi connectivity index (χ0n) is 12.1. The molecule has 0 aliphatic carbocycles. The van der Waals surface area contributed by atoms with Crippen molar-refractivity contribution in [1.82, 2.24) is 14.8 Å². The molecule has 3 heterocycles. The van der Waals surface area contributed by atoms with Gasteiger partial charge in [0.1, 0.15) is 5.01 Å². The lowest BCUT2D eigenvalue weighted by atomic mass is 10.3. The Morgan fingerprint density at radius 3 is 2.81 bits per heavy atom. The molecule has 4 nitrogen and oxygen atoms in total. The summed E-state index contributed by atoms with van der Waals surface area (Å²) < 4.78 is 0. The van der Waals surface area contributed by atoms with Gasteiger partial charge in [-0.25, -0.2) is 4.98 Å². The molecule has 0 unspecified atom stereocenters. The Morgan fingerprint density at radius 1 is 1.14 bits per heavy atom. The lowest BCUT2D eigenvalue weighted by Gasteiger charge is -2.20. The third kappa shape index (κ3) is 4.11. The Labute approximate surface area is 133 Å². The maximum absolute atomic E-state index is 9.04. The highest BCUT2D eigenvalue weighted by Gasteiger charge is 2.15. The van der Waals surface area contributed by atoms with Crippen LogP contribution in [-0.2, 0) is 6.54 Å². The Hall–Kier alpha value is -0.790. The molecule has 0 aromatic carbocycles. The van der Waals surface area contributed by atoms with Crippen LogP contribution < -0.4 is 0 Å². The van der Waals surface area contributed by atoms with Crippen LogP contribution in [0, 0.1) is 0 Å². The molecule has 0 atom stereocenters. The van der Waals surface area contributed by atoms with E-state index in [0.29, 0.717) is 0 Å². The quantitative estimate of drug-likeness (QED) is 0.917. The molecule has 0 spiro atoms. The molecule has 6 heteroatoms. The van der Waals surface area contributed by atoms with Gasteiger partial charge in [-0.15, -0.1) is 11.3 Å². The van der Waals surface area contributed by atoms with Crippen LogP contribution in [0.15, 0.2) is 22.2 Å². The summed E-state index contributed by atoms with van der Waals surface area (Å²) in [5.41, 5.74) is 2.41. The lowest BCUT2D eigenvalue weighted by molar-refractivity contribution is 0.195. The highest BCUT2D eigenvalue weighted by atomic mass is 32.1. The van der Waals surface area contributed by atoms with Crippen molar-refractivity contribution < 1.29 is 5.11 Å². The number of hydrogen-bond donors (Lipinski definition) is 1. The molecular formula is C15H21N3OS2. The van der Waals surface area contributed by atoms with Crippen LogP contribution >= 0.6 is 22.7 Å². The second kappa shape index (κ2) is 7.47. The van der Waals surface area contributed by atoms with Crippen molar-refractivity contribution >= 4 is 22.7 Å². The zero-order chi connectivity index (χ0) is 14.5. The van der Waals surface area contributed by atoms with Crippen LogP contribution in [0.2, 0.25) is 0 Å². The van der Waals surface area contributed by atoms with Gasteiger partial charge in [-0.1, -0.05) is 0 Å². The first-order valence-corrected chi connectivity index (χ1v) is 9.20. The van der Waals surface area contributed by atoms with Crippen molar-refractivity contribution in [2.75, 3.05) is 39.3 Å². The van der Waals surface area contributed by atoms with Crippen molar-refractivity contribution in [3.8, 4) is 10.6 Å². The Bertz CT molecular complexity index is 541. The summed E-state index contributed by atoms with van der Waals surface area (Å²) in [5.74, 6) is 0. The summed E-state index contributed by atoms with van der Waals surface area (Å²) in [6.45, 7) is 6.31. The number of aliphatic hydroxyl groups excluding tert-OH is 1. The van der Waals surface area contributed by atoms with E-state index in [0.717, 1.165) is 44.3 Å². The molecule has 0 bridgehead atoms. The van der Waals surface area contributed by atoms with Crippen LogP contribution in [0.4, 0.5) is 0 Å². The largest absolute Gasteiger partial charge is 0.395 e. The maximum atomic E-state index is 9.04. The van der Waals surface area contributed by atoms with E-state index in [1.165, 1.54) is 17.7 Å². The van der Waals surface area contributed by atoms with E-state index in [-0.39, 0.29) is 6.61 Å². The van der Waals surface area contributed by atoms with E-state index in [9.17, 15) is 0 Å². The van der Waals surface area contributed by atoms with Crippen LogP contribution in [0.5, 0.6) is 0 Å². The lowest BCUT2D eigenvalue weighted by Crippen LogP contribution is -2.32. The first-order chi connectivity index (χ1) is 10.3. The summed E-state index contributed by atoms with van der Waals surface area (Å²) in [5, 5.41) is 16.6. The second-order valence-corrected chi connectivity index (χ2v) is 6.99. The SMILES string of the molecule is OCCN1CCCN(Cc2csc(-c3ccsc3)n2)CC1. The number of thiophene rings is 1. The Kier molecular flexibility index (Phi) is 5.38. The smallest absolute Gasteiger partial charge is 0.124 e. The first kappa shape index (κ1) is 15.1. The van der Waals surface area contributed by atoms with Gasteiger partial charge in [-0.05, 0) is 31.0 Å². The minimum absolute atomic E-state index is 0.260. The van der Waals surface area contributed by atoms with E-state index < -0.39 is 0 Å². The molecule has 1 aliphatic heterocycles. The summed E-state index contributed by atoms with van der Waals surface area (Å²) in [6, 6.07) is 2.13. The zero-order valence-corrected chi connectivity index (χ0v) is 13.7. The first-order valence-electron chi connectivity index (χ1n) is 7.37. The van der Waals surface area contributed by atoms with Gasteiger partial charge in [0.05, 0.1) is 12.3 Å². The highest BCUT2D eigenvalue weighted by molar-refractivity contribution is 7.14. The third-order valence-corrected chi connectivity index (χ3v) is 5.43. The van der Waals surface area contributed by atoms with E-state index >= 15 is 0 Å². The molecule has 0 saturated carbocycles. The summed E-state index contributed by atoms with van der Waals surface area (Å²) in [4.78, 5) is 9.58. The van der Waals surface area contributed by atoms with Gasteiger partial charge < -0.3 is 5.11 Å². The molecule has 21 heavy (non-hydrogen) atoms. The molecule has 1 aliphatic rings. The second-order valence-electron chi connectivity index (χ2n) is 5.35. The number of hydrogen-bond acceptors (Lipinski definition) is 6. The minimum Gasteiger partial charge on any atom is -0.395 e. The fourth-order valence-corrected chi connectivity index (χ4v) is 4.20. The molecule has 3 rings (SSSR count). The van der Waals surface area contributed by atoms with Gasteiger partial charge >= 0.3 is 0 Å². The molecule has 1 N–H and O–H groups in total. The van der Waals surface area contributed by atoms with E-state index in [2.05, 4.69) is 32.0 Å². The topological polar surface area (TPSA) is 39.6 Å². The van der Waals surface area contributed by atoms with Crippen LogP contribution in [-0.4, -0.2) is 59.2 Å². The van der Waals surface area contributed by atoms with E-state index in [4.69, 9.17) is 10.1 Å². The van der Waals surface area contributed by atoms with Crippen LogP contribution in [0.1, 0.15) is 12.1 Å². The van der Waals surface area contributed by atoms with Crippen LogP contribution in [0.25, 0.3) is 10.6 Å². The van der Waals surface area contributed by atoms with Crippen LogP contribution in [0.3, 0.4) is 0 Å². The number of aromatic nitrogens is 1. The van der Waals surface area contributed by atoms with E-state index in [1.54, 1.807) is 22.7 Å². The average Bonchev–Trinajstić information content (AvgIpc) is 3.10. The van der Waals surface area contributed by atoms with Crippen molar-refractivity contribution in [2.24, 2.45) is 0 Å². The average molecular weight is 323 g/mol. The Morgan fingerprint density at radius 2 is 2.00 bits per heavy atom. The standard InChI is InChI=1S/C15H21N3OS2/c19-8-7-17-3-1-4-18(6-5-17)10-14-12-21-15(16-14)13-2-9-20-11-13/h2,9,11-12,19H,1,3-8,10H2. The molecule has 2 aromatic heterocycles. The van der Waals surface area contributed by atoms with Crippen molar-refractivity contribution in [3.05, 3.63) is 27.9 Å². The third-order valence-electron chi connectivity index (χ3n) is 3.80. The molecular weight excluding hydrogens is 302 g/mol.